The lowest BCUT2D eigenvalue weighted by atomic mass is 10.2. The molecule has 1 N–H and O–H groups in total. The number of nitrogens with one attached hydrogen (secondary N) is 1. The Morgan fingerprint density at radius 2 is 1.80 bits per heavy atom. The van der Waals surface area contributed by atoms with Gasteiger partial charge in [0.2, 0.25) is 0 Å². The molecule has 0 aromatic rings. The van der Waals surface area contributed by atoms with Gasteiger partial charge in [0.05, 0.1) is 0 Å². The molecule has 1 aliphatic carbocycles. The van der Waals surface area contributed by atoms with Crippen LogP contribution in [-0.4, -0.2) is 30.1 Å². The Hall–Kier alpha value is -0.700. The summed E-state index contributed by atoms with van der Waals surface area (Å²) in [6, 6.07) is 0.326. The van der Waals surface area contributed by atoms with Crippen molar-refractivity contribution in [2.45, 2.75) is 39.2 Å². The Labute approximate surface area is 97.3 Å². The van der Waals surface area contributed by atoms with E-state index in [4.69, 9.17) is 0 Å². The van der Waals surface area contributed by atoms with Gasteiger partial charge in [-0.05, 0) is 44.3 Å². The van der Waals surface area contributed by atoms with Crippen molar-refractivity contribution in [1.29, 1.82) is 0 Å². The van der Waals surface area contributed by atoms with Crippen LogP contribution in [0.3, 0.4) is 0 Å². The molecule has 0 radical (unpaired) electrons. The average molecular weight is 231 g/mol. The molecular weight excluding hydrogens is 212 g/mol. The van der Waals surface area contributed by atoms with Gasteiger partial charge in [-0.15, -0.1) is 12.4 Å². The highest BCUT2D eigenvalue weighted by molar-refractivity contribution is 5.85. The zero-order valence-corrected chi connectivity index (χ0v) is 10.2. The van der Waals surface area contributed by atoms with E-state index in [1.54, 1.807) is 0 Å². The second kappa shape index (κ2) is 4.88. The largest absolute Gasteiger partial charge is 0.336 e. The van der Waals surface area contributed by atoms with Crippen molar-refractivity contribution < 1.29 is 4.79 Å². The van der Waals surface area contributed by atoms with Crippen molar-refractivity contribution >= 4 is 18.4 Å². The zero-order chi connectivity index (χ0) is 10.1. The van der Waals surface area contributed by atoms with Gasteiger partial charge in [-0.25, -0.2) is 4.79 Å². The van der Waals surface area contributed by atoms with Crippen LogP contribution < -0.4 is 5.32 Å². The topological polar surface area (TPSA) is 32.3 Å². The number of nitrogens with zero attached hydrogens (tertiary/aromatic N) is 1. The van der Waals surface area contributed by atoms with Gasteiger partial charge in [-0.2, -0.15) is 0 Å². The molecule has 15 heavy (non-hydrogen) atoms. The number of hydrogen-bond donors (Lipinski definition) is 1. The van der Waals surface area contributed by atoms with Crippen molar-refractivity contribution in [3.8, 4) is 0 Å². The fourth-order valence-electron chi connectivity index (χ4n) is 2.25. The van der Waals surface area contributed by atoms with Crippen LogP contribution in [0.25, 0.3) is 0 Å². The van der Waals surface area contributed by atoms with Gasteiger partial charge in [-0.1, -0.05) is 0 Å². The first-order valence-corrected chi connectivity index (χ1v) is 5.42. The van der Waals surface area contributed by atoms with E-state index < -0.39 is 0 Å². The first kappa shape index (κ1) is 12.4. The number of amides is 2. The van der Waals surface area contributed by atoms with E-state index in [2.05, 4.69) is 5.32 Å². The summed E-state index contributed by atoms with van der Waals surface area (Å²) >= 11 is 0. The van der Waals surface area contributed by atoms with Crippen molar-refractivity contribution in [2.24, 2.45) is 0 Å². The molecule has 0 unspecified atom stereocenters. The molecule has 3 nitrogen and oxygen atoms in total. The third-order valence-electron chi connectivity index (χ3n) is 2.92. The summed E-state index contributed by atoms with van der Waals surface area (Å²) in [5, 5.41) is 2.93. The molecule has 2 aliphatic rings. The number of carbonyl (C=O) groups is 1. The third kappa shape index (κ3) is 2.65. The normalized spacial score (nSPS) is 19.3. The molecule has 0 saturated heterocycles. The molecule has 2 amide bonds. The molecule has 0 aromatic heterocycles. The van der Waals surface area contributed by atoms with Crippen LogP contribution in [0.2, 0.25) is 0 Å². The summed E-state index contributed by atoms with van der Waals surface area (Å²) in [5.74, 6) is 0. The maximum absolute atomic E-state index is 11.7. The number of urea groups is 1. The molecule has 86 valence electrons. The summed E-state index contributed by atoms with van der Waals surface area (Å²) in [4.78, 5) is 13.6. The number of carbonyl (C=O) groups excluding carboxylic acids is 1. The van der Waals surface area contributed by atoms with Crippen LogP contribution in [0, 0.1) is 0 Å². The van der Waals surface area contributed by atoms with Crippen LogP contribution in [0.4, 0.5) is 4.79 Å². The van der Waals surface area contributed by atoms with Crippen molar-refractivity contribution in [1.82, 2.24) is 10.2 Å². The van der Waals surface area contributed by atoms with E-state index in [9.17, 15) is 4.79 Å². The molecule has 0 bridgehead atoms. The van der Waals surface area contributed by atoms with Gasteiger partial charge in [0.1, 0.15) is 0 Å². The first-order valence-electron chi connectivity index (χ1n) is 5.42. The molecule has 2 rings (SSSR count). The number of halogens is 1. The van der Waals surface area contributed by atoms with E-state index in [0.717, 1.165) is 13.1 Å². The second-order valence-electron chi connectivity index (χ2n) is 4.52. The summed E-state index contributed by atoms with van der Waals surface area (Å²) in [5.41, 5.74) is 3.04. The predicted octanol–water partition coefficient (Wildman–Crippen LogP) is 2.32. The lowest BCUT2D eigenvalue weighted by molar-refractivity contribution is 0.206. The SMILES string of the molecule is CC(C)NC(=O)N1CC2=C(CCC2)C1.Cl. The van der Waals surface area contributed by atoms with E-state index in [1.807, 2.05) is 18.7 Å². The lowest BCUT2D eigenvalue weighted by Crippen LogP contribution is -2.42. The van der Waals surface area contributed by atoms with Gasteiger partial charge < -0.3 is 10.2 Å². The lowest BCUT2D eigenvalue weighted by Gasteiger charge is -2.20. The van der Waals surface area contributed by atoms with Crippen LogP contribution in [0.1, 0.15) is 33.1 Å². The van der Waals surface area contributed by atoms with Gasteiger partial charge in [0.25, 0.3) is 0 Å². The third-order valence-corrected chi connectivity index (χ3v) is 2.92. The predicted molar refractivity (Wildman–Crippen MR) is 63.4 cm³/mol. The van der Waals surface area contributed by atoms with Gasteiger partial charge in [-0.3, -0.25) is 0 Å². The summed E-state index contributed by atoms with van der Waals surface area (Å²) in [6.07, 6.45) is 3.71. The van der Waals surface area contributed by atoms with E-state index in [0.29, 0.717) is 0 Å². The van der Waals surface area contributed by atoms with Crippen LogP contribution in [0.5, 0.6) is 0 Å². The van der Waals surface area contributed by atoms with Crippen LogP contribution in [-0.2, 0) is 0 Å². The Morgan fingerprint density at radius 1 is 1.27 bits per heavy atom. The molecule has 0 saturated carbocycles. The number of hydrogen-bond acceptors (Lipinski definition) is 1. The number of likely N-dealkylation sites (tertiary alicyclic amines) is 1. The van der Waals surface area contributed by atoms with Gasteiger partial charge in [0, 0.05) is 19.1 Å². The maximum atomic E-state index is 11.7. The maximum Gasteiger partial charge on any atom is 0.318 e. The summed E-state index contributed by atoms with van der Waals surface area (Å²) in [7, 11) is 0. The van der Waals surface area contributed by atoms with Crippen LogP contribution in [0.15, 0.2) is 11.1 Å². The fourth-order valence-corrected chi connectivity index (χ4v) is 2.25. The quantitative estimate of drug-likeness (QED) is 0.689. The average Bonchev–Trinajstić information content (AvgIpc) is 2.58. The highest BCUT2D eigenvalue weighted by Crippen LogP contribution is 2.32. The highest BCUT2D eigenvalue weighted by Gasteiger charge is 2.28. The minimum Gasteiger partial charge on any atom is -0.336 e. The molecule has 4 heteroatoms. The Bertz CT molecular complexity index is 270. The summed E-state index contributed by atoms with van der Waals surface area (Å²) in [6.45, 7) is 5.73. The van der Waals surface area contributed by atoms with Gasteiger partial charge in [0.15, 0.2) is 0 Å². The molecule has 0 fully saturated rings. The fraction of sp³-hybridized carbons (Fsp3) is 0.727. The van der Waals surface area contributed by atoms with E-state index in [-0.39, 0.29) is 24.5 Å². The molecule has 1 heterocycles. The molecule has 1 aliphatic heterocycles. The Morgan fingerprint density at radius 3 is 2.27 bits per heavy atom. The Kier molecular flexibility index (Phi) is 4.03. The molecular formula is C11H19ClN2O. The van der Waals surface area contributed by atoms with E-state index in [1.165, 1.54) is 30.4 Å². The monoisotopic (exact) mass is 230 g/mol. The van der Waals surface area contributed by atoms with Crippen molar-refractivity contribution in [3.05, 3.63) is 11.1 Å². The van der Waals surface area contributed by atoms with Crippen molar-refractivity contribution in [3.63, 3.8) is 0 Å². The smallest absolute Gasteiger partial charge is 0.318 e. The van der Waals surface area contributed by atoms with E-state index >= 15 is 0 Å². The van der Waals surface area contributed by atoms with Crippen molar-refractivity contribution in [2.75, 3.05) is 13.1 Å². The Balaban J connectivity index is 0.00000112. The zero-order valence-electron chi connectivity index (χ0n) is 9.38. The highest BCUT2D eigenvalue weighted by atomic mass is 35.5. The molecule has 0 spiro atoms. The first-order chi connectivity index (χ1) is 6.66. The second-order valence-corrected chi connectivity index (χ2v) is 4.52. The van der Waals surface area contributed by atoms with Crippen LogP contribution >= 0.6 is 12.4 Å². The minimum atomic E-state index is 0. The molecule has 0 aromatic carbocycles. The summed E-state index contributed by atoms with van der Waals surface area (Å²) < 4.78 is 0. The standard InChI is InChI=1S/C11H18N2O.ClH/c1-8(2)12-11(14)13-6-9-4-3-5-10(9)7-13;/h8H,3-7H2,1-2H3,(H,12,14);1H. The minimum absolute atomic E-state index is 0. The molecule has 0 atom stereocenters. The number of rotatable bonds is 1. The van der Waals surface area contributed by atoms with Gasteiger partial charge >= 0.3 is 6.03 Å².